The Hall–Kier alpha value is -2.05. The van der Waals surface area contributed by atoms with Crippen LogP contribution in [0.5, 0.6) is 0 Å². The highest BCUT2D eigenvalue weighted by Gasteiger charge is 2.35. The molecular formula is C14H22N4O3. The number of carbonyl (C=O) groups excluding carboxylic acids is 1. The normalized spacial score (nSPS) is 23.1. The maximum absolute atomic E-state index is 12.4. The van der Waals surface area contributed by atoms with Gasteiger partial charge in [-0.05, 0) is 26.2 Å². The van der Waals surface area contributed by atoms with E-state index < -0.39 is 12.0 Å². The number of aromatic nitrogens is 2. The molecule has 0 saturated carbocycles. The van der Waals surface area contributed by atoms with Gasteiger partial charge in [-0.1, -0.05) is 6.92 Å². The van der Waals surface area contributed by atoms with Crippen molar-refractivity contribution < 1.29 is 14.7 Å². The van der Waals surface area contributed by atoms with Crippen LogP contribution in [-0.2, 0) is 11.8 Å². The minimum absolute atomic E-state index is 0.137. The fourth-order valence-electron chi connectivity index (χ4n) is 2.91. The predicted molar refractivity (Wildman–Crippen MR) is 76.7 cm³/mol. The minimum atomic E-state index is -1.09. The van der Waals surface area contributed by atoms with E-state index in [4.69, 9.17) is 0 Å². The Morgan fingerprint density at radius 3 is 2.76 bits per heavy atom. The van der Waals surface area contributed by atoms with Gasteiger partial charge in [-0.2, -0.15) is 5.10 Å². The third kappa shape index (κ3) is 3.17. The van der Waals surface area contributed by atoms with Gasteiger partial charge in [0.05, 0.1) is 6.20 Å². The summed E-state index contributed by atoms with van der Waals surface area (Å²) in [7, 11) is 1.71. The fourth-order valence-corrected chi connectivity index (χ4v) is 2.91. The Balaban J connectivity index is 2.13. The Labute approximate surface area is 123 Å². The maximum Gasteiger partial charge on any atom is 0.331 e. The van der Waals surface area contributed by atoms with Crippen LogP contribution in [-0.4, -0.2) is 43.9 Å². The number of urea groups is 1. The summed E-state index contributed by atoms with van der Waals surface area (Å²) < 4.78 is 1.52. The van der Waals surface area contributed by atoms with Crippen LogP contribution < -0.4 is 5.32 Å². The summed E-state index contributed by atoms with van der Waals surface area (Å²) in [6.45, 7) is 4.04. The second kappa shape index (κ2) is 6.15. The van der Waals surface area contributed by atoms with Gasteiger partial charge in [0, 0.05) is 30.9 Å². The van der Waals surface area contributed by atoms with Gasteiger partial charge in [-0.15, -0.1) is 0 Å². The molecule has 0 bridgehead atoms. The number of aliphatic carboxylic acids is 1. The van der Waals surface area contributed by atoms with Crippen molar-refractivity contribution in [2.45, 2.75) is 51.2 Å². The van der Waals surface area contributed by atoms with Crippen molar-refractivity contribution in [2.24, 2.45) is 7.05 Å². The molecule has 116 valence electrons. The molecule has 21 heavy (non-hydrogen) atoms. The summed E-state index contributed by atoms with van der Waals surface area (Å²) in [4.78, 5) is 25.6. The van der Waals surface area contributed by atoms with Crippen LogP contribution in [0.1, 0.15) is 44.7 Å². The smallest absolute Gasteiger partial charge is 0.331 e. The number of aryl methyl sites for hydroxylation is 1. The Kier molecular flexibility index (Phi) is 4.50. The zero-order valence-corrected chi connectivity index (χ0v) is 12.6. The molecule has 0 spiro atoms. The van der Waals surface area contributed by atoms with Gasteiger partial charge in [0.2, 0.25) is 0 Å². The molecule has 1 aliphatic heterocycles. The van der Waals surface area contributed by atoms with E-state index in [9.17, 15) is 14.7 Å². The Bertz CT molecular complexity index is 528. The van der Waals surface area contributed by atoms with Crippen molar-refractivity contribution in [1.29, 1.82) is 0 Å². The van der Waals surface area contributed by atoms with E-state index in [1.807, 2.05) is 13.8 Å². The van der Waals surface area contributed by atoms with E-state index in [0.29, 0.717) is 5.56 Å². The van der Waals surface area contributed by atoms with E-state index in [0.717, 1.165) is 19.3 Å². The summed E-state index contributed by atoms with van der Waals surface area (Å²) in [5.41, 5.74) is 0.471. The number of carbonyl (C=O) groups is 2. The standard InChI is InChI=1S/C14H22N4O3/c1-4-11-6-5-9(2)18(11)14(21)16-12(13(19)20)10-7-15-17(3)8-10/h7-9,11-12H,4-6H2,1-3H3,(H,16,21)(H,19,20). The number of hydrogen-bond donors (Lipinski definition) is 2. The van der Waals surface area contributed by atoms with Crippen LogP contribution in [0, 0.1) is 0 Å². The first-order valence-electron chi connectivity index (χ1n) is 7.24. The van der Waals surface area contributed by atoms with Crippen LogP contribution in [0.3, 0.4) is 0 Å². The molecule has 1 fully saturated rings. The number of nitrogens with zero attached hydrogens (tertiary/aromatic N) is 3. The SMILES string of the molecule is CCC1CCC(C)N1C(=O)NC(C(=O)O)c1cnn(C)c1. The van der Waals surface area contributed by atoms with Crippen molar-refractivity contribution in [3.8, 4) is 0 Å². The van der Waals surface area contributed by atoms with Crippen LogP contribution in [0.4, 0.5) is 4.79 Å². The summed E-state index contributed by atoms with van der Waals surface area (Å²) >= 11 is 0. The second-order valence-corrected chi connectivity index (χ2v) is 5.56. The third-order valence-electron chi connectivity index (χ3n) is 4.06. The summed E-state index contributed by atoms with van der Waals surface area (Å²) in [6, 6.07) is -1.07. The minimum Gasteiger partial charge on any atom is -0.479 e. The largest absolute Gasteiger partial charge is 0.479 e. The number of nitrogens with one attached hydrogen (secondary N) is 1. The van der Waals surface area contributed by atoms with Crippen LogP contribution >= 0.6 is 0 Å². The van der Waals surface area contributed by atoms with E-state index in [1.165, 1.54) is 10.9 Å². The highest BCUT2D eigenvalue weighted by Crippen LogP contribution is 2.26. The number of amides is 2. The number of hydrogen-bond acceptors (Lipinski definition) is 3. The van der Waals surface area contributed by atoms with Gasteiger partial charge in [-0.3, -0.25) is 4.68 Å². The lowest BCUT2D eigenvalue weighted by Gasteiger charge is -2.29. The molecule has 2 amide bonds. The first-order valence-corrected chi connectivity index (χ1v) is 7.24. The van der Waals surface area contributed by atoms with Gasteiger partial charge in [0.1, 0.15) is 0 Å². The lowest BCUT2D eigenvalue weighted by Crippen LogP contribution is -2.48. The topological polar surface area (TPSA) is 87.5 Å². The molecule has 2 N–H and O–H groups in total. The van der Waals surface area contributed by atoms with Crippen molar-refractivity contribution in [1.82, 2.24) is 20.0 Å². The molecule has 3 unspecified atom stereocenters. The lowest BCUT2D eigenvalue weighted by molar-refractivity contribution is -0.139. The maximum atomic E-state index is 12.4. The van der Waals surface area contributed by atoms with Gasteiger partial charge in [0.15, 0.2) is 6.04 Å². The van der Waals surface area contributed by atoms with Crippen LogP contribution in [0.25, 0.3) is 0 Å². The zero-order chi connectivity index (χ0) is 15.6. The van der Waals surface area contributed by atoms with Crippen LogP contribution in [0.15, 0.2) is 12.4 Å². The first kappa shape index (κ1) is 15.3. The molecule has 2 rings (SSSR count). The summed E-state index contributed by atoms with van der Waals surface area (Å²) in [5.74, 6) is -1.09. The highest BCUT2D eigenvalue weighted by molar-refractivity contribution is 5.84. The molecule has 1 aliphatic rings. The number of rotatable bonds is 4. The molecule has 2 heterocycles. The molecule has 7 heteroatoms. The molecule has 0 aliphatic carbocycles. The van der Waals surface area contributed by atoms with Gasteiger partial charge >= 0.3 is 12.0 Å². The predicted octanol–water partition coefficient (Wildman–Crippen LogP) is 1.52. The molecule has 0 aromatic carbocycles. The Morgan fingerprint density at radius 2 is 2.24 bits per heavy atom. The quantitative estimate of drug-likeness (QED) is 0.881. The molecule has 7 nitrogen and oxygen atoms in total. The zero-order valence-electron chi connectivity index (χ0n) is 12.6. The average molecular weight is 294 g/mol. The van der Waals surface area contributed by atoms with Crippen molar-refractivity contribution in [3.63, 3.8) is 0 Å². The molecule has 0 radical (unpaired) electrons. The number of carboxylic acid groups (broad SMARTS) is 1. The van der Waals surface area contributed by atoms with Gasteiger partial charge in [0.25, 0.3) is 0 Å². The monoisotopic (exact) mass is 294 g/mol. The van der Waals surface area contributed by atoms with Crippen LogP contribution in [0.2, 0.25) is 0 Å². The number of carboxylic acids is 1. The first-order chi connectivity index (χ1) is 9.93. The molecule has 3 atom stereocenters. The molecular weight excluding hydrogens is 272 g/mol. The van der Waals surface area contributed by atoms with Gasteiger partial charge < -0.3 is 15.3 Å². The second-order valence-electron chi connectivity index (χ2n) is 5.56. The molecule has 1 saturated heterocycles. The van der Waals surface area contributed by atoms with Crippen molar-refractivity contribution >= 4 is 12.0 Å². The Morgan fingerprint density at radius 1 is 1.52 bits per heavy atom. The van der Waals surface area contributed by atoms with Gasteiger partial charge in [-0.25, -0.2) is 9.59 Å². The van der Waals surface area contributed by atoms with Crippen molar-refractivity contribution in [2.75, 3.05) is 0 Å². The molecule has 1 aromatic heterocycles. The van der Waals surface area contributed by atoms with E-state index in [2.05, 4.69) is 10.4 Å². The summed E-state index contributed by atoms with van der Waals surface area (Å²) in [5, 5.41) is 15.9. The van der Waals surface area contributed by atoms with E-state index >= 15 is 0 Å². The third-order valence-corrected chi connectivity index (χ3v) is 4.06. The average Bonchev–Trinajstić information content (AvgIpc) is 3.01. The lowest BCUT2D eigenvalue weighted by atomic mass is 10.1. The highest BCUT2D eigenvalue weighted by atomic mass is 16.4. The van der Waals surface area contributed by atoms with E-state index in [1.54, 1.807) is 18.1 Å². The van der Waals surface area contributed by atoms with E-state index in [-0.39, 0.29) is 18.1 Å². The number of likely N-dealkylation sites (tertiary alicyclic amines) is 1. The molecule has 1 aromatic rings. The van der Waals surface area contributed by atoms with Crippen molar-refractivity contribution in [3.05, 3.63) is 18.0 Å². The summed E-state index contributed by atoms with van der Waals surface area (Å²) in [6.07, 6.45) is 5.86. The fraction of sp³-hybridized carbons (Fsp3) is 0.643.